The number of hydrogen-bond donors (Lipinski definition) is 1. The minimum atomic E-state index is -0.211. The molecular formula is C15H14INO3. The average molecular weight is 383 g/mol. The Morgan fingerprint density at radius 1 is 1.15 bits per heavy atom. The van der Waals surface area contributed by atoms with Crippen LogP contribution in [0, 0.1) is 3.57 Å². The van der Waals surface area contributed by atoms with Crippen LogP contribution in [0.1, 0.15) is 0 Å². The molecule has 0 saturated carbocycles. The summed E-state index contributed by atoms with van der Waals surface area (Å²) in [5.41, 5.74) is 0.681. The van der Waals surface area contributed by atoms with E-state index >= 15 is 0 Å². The molecule has 2 aromatic carbocycles. The lowest BCUT2D eigenvalue weighted by Crippen LogP contribution is -2.20. The van der Waals surface area contributed by atoms with E-state index in [1.165, 1.54) is 0 Å². The highest BCUT2D eigenvalue weighted by atomic mass is 127. The van der Waals surface area contributed by atoms with Gasteiger partial charge < -0.3 is 14.8 Å². The van der Waals surface area contributed by atoms with Gasteiger partial charge in [0.25, 0.3) is 5.91 Å². The first kappa shape index (κ1) is 14.6. The Hall–Kier alpha value is -1.76. The first-order valence-electron chi connectivity index (χ1n) is 5.99. The fourth-order valence-corrected chi connectivity index (χ4v) is 2.12. The monoisotopic (exact) mass is 383 g/mol. The summed E-state index contributed by atoms with van der Waals surface area (Å²) in [6.07, 6.45) is 0. The highest BCUT2D eigenvalue weighted by molar-refractivity contribution is 14.1. The Morgan fingerprint density at radius 3 is 2.65 bits per heavy atom. The van der Waals surface area contributed by atoms with Gasteiger partial charge in [0.15, 0.2) is 6.61 Å². The van der Waals surface area contributed by atoms with Gasteiger partial charge in [-0.15, -0.1) is 0 Å². The number of ether oxygens (including phenoxy) is 2. The fraction of sp³-hybridized carbons (Fsp3) is 0.133. The predicted molar refractivity (Wildman–Crippen MR) is 86.3 cm³/mol. The van der Waals surface area contributed by atoms with E-state index in [0.717, 1.165) is 3.57 Å². The Bertz CT molecular complexity index is 601. The molecule has 20 heavy (non-hydrogen) atoms. The van der Waals surface area contributed by atoms with Gasteiger partial charge in [0.1, 0.15) is 11.5 Å². The third-order valence-corrected chi connectivity index (χ3v) is 3.19. The Morgan fingerprint density at radius 2 is 1.90 bits per heavy atom. The molecule has 2 aromatic rings. The number of hydrogen-bond acceptors (Lipinski definition) is 3. The van der Waals surface area contributed by atoms with Crippen molar-refractivity contribution in [3.63, 3.8) is 0 Å². The Balaban J connectivity index is 1.89. The molecule has 4 nitrogen and oxygen atoms in total. The number of benzene rings is 2. The number of carbonyl (C=O) groups is 1. The second-order valence-corrected chi connectivity index (χ2v) is 5.27. The largest absolute Gasteiger partial charge is 0.497 e. The van der Waals surface area contributed by atoms with Gasteiger partial charge in [-0.25, -0.2) is 0 Å². The minimum Gasteiger partial charge on any atom is -0.497 e. The van der Waals surface area contributed by atoms with E-state index in [1.807, 2.05) is 36.4 Å². The maximum absolute atomic E-state index is 11.8. The highest BCUT2D eigenvalue weighted by Crippen LogP contribution is 2.17. The molecule has 0 atom stereocenters. The summed E-state index contributed by atoms with van der Waals surface area (Å²) in [5.74, 6) is 1.16. The summed E-state index contributed by atoms with van der Waals surface area (Å²) < 4.78 is 11.6. The van der Waals surface area contributed by atoms with Gasteiger partial charge in [0.05, 0.1) is 7.11 Å². The normalized spacial score (nSPS) is 9.90. The van der Waals surface area contributed by atoms with Gasteiger partial charge >= 0.3 is 0 Å². The van der Waals surface area contributed by atoms with Crippen molar-refractivity contribution in [3.05, 3.63) is 52.1 Å². The SMILES string of the molecule is COc1cccc(NC(=O)COc2cccc(I)c2)c1. The fourth-order valence-electron chi connectivity index (χ4n) is 1.60. The van der Waals surface area contributed by atoms with Crippen molar-refractivity contribution in [1.82, 2.24) is 0 Å². The zero-order valence-electron chi connectivity index (χ0n) is 10.9. The molecule has 0 saturated heterocycles. The third kappa shape index (κ3) is 4.41. The molecule has 0 unspecified atom stereocenters. The first-order valence-corrected chi connectivity index (χ1v) is 7.07. The summed E-state index contributed by atoms with van der Waals surface area (Å²) in [6.45, 7) is -0.0305. The number of rotatable bonds is 5. The van der Waals surface area contributed by atoms with Crippen LogP contribution >= 0.6 is 22.6 Å². The number of anilines is 1. The lowest BCUT2D eigenvalue weighted by molar-refractivity contribution is -0.118. The molecule has 0 aliphatic rings. The second-order valence-electron chi connectivity index (χ2n) is 4.03. The quantitative estimate of drug-likeness (QED) is 0.806. The molecule has 1 amide bonds. The summed E-state index contributed by atoms with van der Waals surface area (Å²) in [7, 11) is 1.58. The highest BCUT2D eigenvalue weighted by Gasteiger charge is 2.04. The van der Waals surface area contributed by atoms with E-state index in [-0.39, 0.29) is 12.5 Å². The maximum Gasteiger partial charge on any atom is 0.262 e. The molecule has 0 bridgehead atoms. The van der Waals surface area contributed by atoms with Gasteiger partial charge in [0, 0.05) is 15.3 Å². The van der Waals surface area contributed by atoms with Crippen molar-refractivity contribution < 1.29 is 14.3 Å². The molecule has 1 N–H and O–H groups in total. The predicted octanol–water partition coefficient (Wildman–Crippen LogP) is 3.32. The van der Waals surface area contributed by atoms with Crippen LogP contribution < -0.4 is 14.8 Å². The van der Waals surface area contributed by atoms with Crippen LogP contribution in [-0.2, 0) is 4.79 Å². The third-order valence-electron chi connectivity index (χ3n) is 2.52. The van der Waals surface area contributed by atoms with E-state index < -0.39 is 0 Å². The zero-order valence-corrected chi connectivity index (χ0v) is 13.1. The standard InChI is InChI=1S/C15H14INO3/c1-19-13-6-3-5-12(9-13)17-15(18)10-20-14-7-2-4-11(16)8-14/h2-9H,10H2,1H3,(H,17,18). The van der Waals surface area contributed by atoms with E-state index in [2.05, 4.69) is 27.9 Å². The Labute approximate surface area is 131 Å². The molecule has 0 fully saturated rings. The lowest BCUT2D eigenvalue weighted by atomic mass is 10.3. The van der Waals surface area contributed by atoms with Gasteiger partial charge in [-0.05, 0) is 52.9 Å². The molecule has 0 aromatic heterocycles. The van der Waals surface area contributed by atoms with E-state index in [9.17, 15) is 4.79 Å². The zero-order chi connectivity index (χ0) is 14.4. The van der Waals surface area contributed by atoms with Crippen LogP contribution in [0.3, 0.4) is 0 Å². The summed E-state index contributed by atoms with van der Waals surface area (Å²) in [6, 6.07) is 14.7. The van der Waals surface area contributed by atoms with Crippen molar-refractivity contribution >= 4 is 34.2 Å². The van der Waals surface area contributed by atoms with Crippen molar-refractivity contribution in [2.75, 3.05) is 19.0 Å². The molecule has 104 valence electrons. The van der Waals surface area contributed by atoms with E-state index in [0.29, 0.717) is 17.2 Å². The number of amides is 1. The van der Waals surface area contributed by atoms with Crippen molar-refractivity contribution in [2.45, 2.75) is 0 Å². The maximum atomic E-state index is 11.8. The lowest BCUT2D eigenvalue weighted by Gasteiger charge is -2.08. The Kier molecular flexibility index (Phi) is 5.23. The van der Waals surface area contributed by atoms with Gasteiger partial charge in [-0.2, -0.15) is 0 Å². The topological polar surface area (TPSA) is 47.6 Å². The molecule has 0 aliphatic carbocycles. The van der Waals surface area contributed by atoms with Crippen molar-refractivity contribution in [1.29, 1.82) is 0 Å². The second kappa shape index (κ2) is 7.14. The van der Waals surface area contributed by atoms with Crippen LogP contribution in [0.4, 0.5) is 5.69 Å². The average Bonchev–Trinajstić information content (AvgIpc) is 2.45. The molecule has 0 spiro atoms. The minimum absolute atomic E-state index is 0.0305. The van der Waals surface area contributed by atoms with Crippen LogP contribution in [0.2, 0.25) is 0 Å². The number of carbonyl (C=O) groups excluding carboxylic acids is 1. The van der Waals surface area contributed by atoms with Crippen LogP contribution in [-0.4, -0.2) is 19.6 Å². The van der Waals surface area contributed by atoms with Crippen molar-refractivity contribution in [2.24, 2.45) is 0 Å². The summed E-state index contributed by atoms with van der Waals surface area (Å²) in [4.78, 5) is 11.8. The van der Waals surface area contributed by atoms with Gasteiger partial charge in [-0.3, -0.25) is 4.79 Å². The summed E-state index contributed by atoms with van der Waals surface area (Å²) in [5, 5.41) is 2.76. The summed E-state index contributed by atoms with van der Waals surface area (Å²) >= 11 is 2.19. The van der Waals surface area contributed by atoms with Gasteiger partial charge in [-0.1, -0.05) is 12.1 Å². The van der Waals surface area contributed by atoms with Crippen molar-refractivity contribution in [3.8, 4) is 11.5 Å². The van der Waals surface area contributed by atoms with E-state index in [4.69, 9.17) is 9.47 Å². The molecular weight excluding hydrogens is 369 g/mol. The van der Waals surface area contributed by atoms with Gasteiger partial charge in [0.2, 0.25) is 0 Å². The smallest absolute Gasteiger partial charge is 0.262 e. The van der Waals surface area contributed by atoms with Crippen LogP contribution in [0.25, 0.3) is 0 Å². The number of nitrogens with one attached hydrogen (secondary N) is 1. The van der Waals surface area contributed by atoms with Crippen LogP contribution in [0.15, 0.2) is 48.5 Å². The molecule has 2 rings (SSSR count). The molecule has 0 radical (unpaired) electrons. The molecule has 5 heteroatoms. The molecule has 0 heterocycles. The molecule has 0 aliphatic heterocycles. The number of halogens is 1. The number of methoxy groups -OCH3 is 1. The van der Waals surface area contributed by atoms with E-state index in [1.54, 1.807) is 19.2 Å². The van der Waals surface area contributed by atoms with Crippen LogP contribution in [0.5, 0.6) is 11.5 Å². The first-order chi connectivity index (χ1) is 9.67.